The zero-order valence-electron chi connectivity index (χ0n) is 9.10. The quantitative estimate of drug-likeness (QED) is 0.887. The molecule has 0 fully saturated rings. The Labute approximate surface area is 97.2 Å². The average molecular weight is 236 g/mol. The summed E-state index contributed by atoms with van der Waals surface area (Å²) in [7, 11) is 1.95. The van der Waals surface area contributed by atoms with Crippen LogP contribution in [0.3, 0.4) is 0 Å². The van der Waals surface area contributed by atoms with Gasteiger partial charge >= 0.3 is 5.97 Å². The first-order valence-corrected chi connectivity index (χ1v) is 5.68. The van der Waals surface area contributed by atoms with E-state index in [0.717, 1.165) is 21.1 Å². The van der Waals surface area contributed by atoms with E-state index < -0.39 is 5.97 Å². The third-order valence-corrected chi connectivity index (χ3v) is 3.49. The summed E-state index contributed by atoms with van der Waals surface area (Å²) in [6, 6.07) is 1.98. The van der Waals surface area contributed by atoms with E-state index in [2.05, 4.69) is 4.98 Å². The van der Waals surface area contributed by atoms with Gasteiger partial charge in [-0.15, -0.1) is 11.3 Å². The van der Waals surface area contributed by atoms with Crippen molar-refractivity contribution < 1.29 is 9.90 Å². The molecule has 0 aliphatic heterocycles. The van der Waals surface area contributed by atoms with Crippen LogP contribution in [0.5, 0.6) is 0 Å². The molecule has 16 heavy (non-hydrogen) atoms. The molecule has 0 unspecified atom stereocenters. The number of carbonyl (C=O) groups is 1. The number of aliphatic carboxylic acids is 1. The summed E-state index contributed by atoms with van der Waals surface area (Å²) in [6.07, 6.45) is 3.97. The van der Waals surface area contributed by atoms with Gasteiger partial charge in [0, 0.05) is 29.9 Å². The molecule has 1 N–H and O–H groups in total. The van der Waals surface area contributed by atoms with E-state index in [1.165, 1.54) is 11.3 Å². The number of aryl methyl sites for hydroxylation is 2. The predicted octanol–water partition coefficient (Wildman–Crippen LogP) is 2.08. The fourth-order valence-electron chi connectivity index (χ4n) is 1.48. The van der Waals surface area contributed by atoms with Crippen LogP contribution in [0, 0.1) is 6.92 Å². The van der Waals surface area contributed by atoms with Gasteiger partial charge in [0.25, 0.3) is 0 Å². The predicted molar refractivity (Wildman–Crippen MR) is 62.6 cm³/mol. The van der Waals surface area contributed by atoms with E-state index in [0.29, 0.717) is 0 Å². The number of hydrogen-bond donors (Lipinski definition) is 1. The molecule has 2 aromatic heterocycles. The van der Waals surface area contributed by atoms with E-state index in [1.807, 2.05) is 37.0 Å². The molecule has 0 amide bonds. The molecule has 5 heteroatoms. The van der Waals surface area contributed by atoms with Crippen LogP contribution in [-0.2, 0) is 18.3 Å². The molecule has 84 valence electrons. The lowest BCUT2D eigenvalue weighted by Gasteiger charge is -1.89. The second kappa shape index (κ2) is 4.09. The average Bonchev–Trinajstić information content (AvgIpc) is 2.74. The number of rotatable bonds is 3. The van der Waals surface area contributed by atoms with Gasteiger partial charge in [-0.2, -0.15) is 0 Å². The van der Waals surface area contributed by atoms with Gasteiger partial charge in [-0.3, -0.25) is 4.79 Å². The van der Waals surface area contributed by atoms with Crippen LogP contribution in [0.15, 0.2) is 18.5 Å². The van der Waals surface area contributed by atoms with Gasteiger partial charge in [-0.1, -0.05) is 0 Å². The lowest BCUT2D eigenvalue weighted by Crippen LogP contribution is -1.99. The molecule has 0 saturated carbocycles. The van der Waals surface area contributed by atoms with Crippen molar-refractivity contribution in [2.45, 2.75) is 13.3 Å². The Kier molecular flexibility index (Phi) is 2.78. The van der Waals surface area contributed by atoms with Crippen molar-refractivity contribution in [1.82, 2.24) is 9.55 Å². The molecule has 0 spiro atoms. The zero-order chi connectivity index (χ0) is 11.7. The Balaban J connectivity index is 2.33. The van der Waals surface area contributed by atoms with Gasteiger partial charge in [0.15, 0.2) is 0 Å². The van der Waals surface area contributed by atoms with Crippen molar-refractivity contribution in [2.24, 2.45) is 7.05 Å². The normalized spacial score (nSPS) is 10.6. The molecule has 2 aromatic rings. The summed E-state index contributed by atoms with van der Waals surface area (Å²) in [5, 5.41) is 9.63. The van der Waals surface area contributed by atoms with Crippen molar-refractivity contribution in [2.75, 3.05) is 0 Å². The van der Waals surface area contributed by atoms with E-state index in [-0.39, 0.29) is 6.42 Å². The molecule has 0 aromatic carbocycles. The molecule has 0 bridgehead atoms. The maximum Gasteiger partial charge on any atom is 0.308 e. The SMILES string of the molecule is Cc1nc(-c2ccn(C)c2)sc1CC(=O)O. The number of hydrogen-bond acceptors (Lipinski definition) is 3. The summed E-state index contributed by atoms with van der Waals surface area (Å²) < 4.78 is 1.95. The van der Waals surface area contributed by atoms with Crippen molar-refractivity contribution in [3.63, 3.8) is 0 Å². The Morgan fingerprint density at radius 2 is 2.38 bits per heavy atom. The first kappa shape index (κ1) is 10.9. The minimum absolute atomic E-state index is 0.0519. The second-order valence-electron chi connectivity index (χ2n) is 3.66. The lowest BCUT2D eigenvalue weighted by atomic mass is 10.3. The Morgan fingerprint density at radius 1 is 1.62 bits per heavy atom. The van der Waals surface area contributed by atoms with Crippen LogP contribution in [0.1, 0.15) is 10.6 Å². The Bertz CT molecular complexity index is 528. The van der Waals surface area contributed by atoms with Gasteiger partial charge in [0.2, 0.25) is 0 Å². The van der Waals surface area contributed by atoms with E-state index >= 15 is 0 Å². The zero-order valence-corrected chi connectivity index (χ0v) is 9.91. The minimum Gasteiger partial charge on any atom is -0.481 e. The van der Waals surface area contributed by atoms with Crippen molar-refractivity contribution in [3.05, 3.63) is 29.0 Å². The highest BCUT2D eigenvalue weighted by atomic mass is 32.1. The number of nitrogens with zero attached hydrogens (tertiary/aromatic N) is 2. The van der Waals surface area contributed by atoms with Gasteiger partial charge in [-0.25, -0.2) is 4.98 Å². The van der Waals surface area contributed by atoms with Crippen molar-refractivity contribution in [1.29, 1.82) is 0 Å². The summed E-state index contributed by atoms with van der Waals surface area (Å²) in [4.78, 5) is 15.9. The summed E-state index contributed by atoms with van der Waals surface area (Å²) in [6.45, 7) is 1.85. The highest BCUT2D eigenvalue weighted by Crippen LogP contribution is 2.28. The van der Waals surface area contributed by atoms with E-state index in [9.17, 15) is 4.79 Å². The van der Waals surface area contributed by atoms with Gasteiger partial charge < -0.3 is 9.67 Å². The van der Waals surface area contributed by atoms with E-state index in [4.69, 9.17) is 5.11 Å². The molecule has 0 atom stereocenters. The van der Waals surface area contributed by atoms with Crippen LogP contribution in [-0.4, -0.2) is 20.6 Å². The van der Waals surface area contributed by atoms with E-state index in [1.54, 1.807) is 0 Å². The smallest absolute Gasteiger partial charge is 0.308 e. The van der Waals surface area contributed by atoms with Crippen molar-refractivity contribution in [3.8, 4) is 10.6 Å². The molecule has 0 aliphatic rings. The minimum atomic E-state index is -0.814. The first-order chi connectivity index (χ1) is 7.56. The number of carboxylic acid groups (broad SMARTS) is 1. The Hall–Kier alpha value is -1.62. The molecule has 4 nitrogen and oxygen atoms in total. The maximum atomic E-state index is 10.6. The second-order valence-corrected chi connectivity index (χ2v) is 4.75. The summed E-state index contributed by atoms with van der Waals surface area (Å²) in [5.74, 6) is -0.814. The number of carboxylic acids is 1. The fourth-order valence-corrected chi connectivity index (χ4v) is 2.53. The third-order valence-electron chi connectivity index (χ3n) is 2.28. The van der Waals surface area contributed by atoms with Crippen LogP contribution in [0.4, 0.5) is 0 Å². The highest BCUT2D eigenvalue weighted by Gasteiger charge is 2.12. The topological polar surface area (TPSA) is 55.1 Å². The van der Waals surface area contributed by atoms with Gasteiger partial charge in [0.05, 0.1) is 12.1 Å². The molecule has 0 saturated heterocycles. The van der Waals surface area contributed by atoms with Crippen LogP contribution >= 0.6 is 11.3 Å². The fraction of sp³-hybridized carbons (Fsp3) is 0.273. The summed E-state index contributed by atoms with van der Waals surface area (Å²) >= 11 is 1.45. The lowest BCUT2D eigenvalue weighted by molar-refractivity contribution is -0.136. The monoisotopic (exact) mass is 236 g/mol. The largest absolute Gasteiger partial charge is 0.481 e. The highest BCUT2D eigenvalue weighted by molar-refractivity contribution is 7.15. The summed E-state index contributed by atoms with van der Waals surface area (Å²) in [5.41, 5.74) is 1.85. The van der Waals surface area contributed by atoms with Crippen LogP contribution in [0.2, 0.25) is 0 Å². The van der Waals surface area contributed by atoms with Gasteiger partial charge in [-0.05, 0) is 13.0 Å². The van der Waals surface area contributed by atoms with Crippen LogP contribution in [0.25, 0.3) is 10.6 Å². The standard InChI is InChI=1S/C11H12N2O2S/c1-7-9(5-10(14)15)16-11(12-7)8-3-4-13(2)6-8/h3-4,6H,5H2,1-2H3,(H,14,15). The molecule has 0 radical (unpaired) electrons. The third kappa shape index (κ3) is 2.14. The number of aromatic nitrogens is 2. The first-order valence-electron chi connectivity index (χ1n) is 4.86. The Morgan fingerprint density at radius 3 is 2.94 bits per heavy atom. The molecule has 2 heterocycles. The van der Waals surface area contributed by atoms with Crippen LogP contribution < -0.4 is 0 Å². The van der Waals surface area contributed by atoms with Crippen molar-refractivity contribution >= 4 is 17.3 Å². The molecular weight excluding hydrogens is 224 g/mol. The molecule has 0 aliphatic carbocycles. The molecule has 2 rings (SSSR count). The number of thiazole rings is 1. The maximum absolute atomic E-state index is 10.6. The van der Waals surface area contributed by atoms with Gasteiger partial charge in [0.1, 0.15) is 5.01 Å². The molecular formula is C11H12N2O2S.